The highest BCUT2D eigenvalue weighted by Crippen LogP contribution is 2.27. The maximum atomic E-state index is 14.7. The van der Waals surface area contributed by atoms with Gasteiger partial charge in [-0.2, -0.15) is 0 Å². The van der Waals surface area contributed by atoms with Gasteiger partial charge >= 0.3 is 0 Å². The number of carbonyl (C=O) groups excluding carboxylic acids is 2. The van der Waals surface area contributed by atoms with E-state index in [0.717, 1.165) is 46.7 Å². The Morgan fingerprint density at radius 3 is 2.21 bits per heavy atom. The van der Waals surface area contributed by atoms with Crippen molar-refractivity contribution in [1.82, 2.24) is 10.2 Å². The quantitative estimate of drug-likeness (QED) is 0.155. The molecule has 1 atom stereocenters. The molecular formula is C38H42ClN3O5S. The van der Waals surface area contributed by atoms with E-state index in [-0.39, 0.29) is 29.8 Å². The molecule has 0 aliphatic heterocycles. The largest absolute Gasteiger partial charge is 0.494 e. The maximum absolute atomic E-state index is 14.7. The number of benzene rings is 4. The lowest BCUT2D eigenvalue weighted by molar-refractivity contribution is -0.140. The number of nitrogens with one attached hydrogen (secondary N) is 1. The maximum Gasteiger partial charge on any atom is 0.264 e. The van der Waals surface area contributed by atoms with Crippen LogP contribution in [0.4, 0.5) is 5.69 Å². The van der Waals surface area contributed by atoms with E-state index < -0.39 is 28.5 Å². The van der Waals surface area contributed by atoms with Crippen molar-refractivity contribution in [2.24, 2.45) is 0 Å². The summed E-state index contributed by atoms with van der Waals surface area (Å²) in [4.78, 5) is 30.3. The summed E-state index contributed by atoms with van der Waals surface area (Å²) < 4.78 is 35.2. The Morgan fingerprint density at radius 1 is 0.896 bits per heavy atom. The topological polar surface area (TPSA) is 96.0 Å². The third kappa shape index (κ3) is 8.96. The molecule has 4 aromatic carbocycles. The van der Waals surface area contributed by atoms with Crippen LogP contribution in [-0.2, 0) is 32.6 Å². The molecule has 1 fully saturated rings. The van der Waals surface area contributed by atoms with Crippen LogP contribution in [0.2, 0.25) is 5.02 Å². The molecule has 10 heteroatoms. The second-order valence-electron chi connectivity index (χ2n) is 12.1. The molecule has 252 valence electrons. The van der Waals surface area contributed by atoms with Gasteiger partial charge in [0.15, 0.2) is 0 Å². The van der Waals surface area contributed by atoms with Crippen LogP contribution in [0.5, 0.6) is 5.75 Å². The molecule has 0 heterocycles. The van der Waals surface area contributed by atoms with Gasteiger partial charge in [-0.15, -0.1) is 0 Å². The Morgan fingerprint density at radius 2 is 1.56 bits per heavy atom. The highest BCUT2D eigenvalue weighted by Gasteiger charge is 2.35. The van der Waals surface area contributed by atoms with E-state index in [9.17, 15) is 18.0 Å². The fourth-order valence-electron chi connectivity index (χ4n) is 5.99. The van der Waals surface area contributed by atoms with Crippen LogP contribution in [0, 0.1) is 6.92 Å². The Kier molecular flexibility index (Phi) is 11.8. The molecular weight excluding hydrogens is 646 g/mol. The van der Waals surface area contributed by atoms with Crippen molar-refractivity contribution >= 4 is 39.1 Å². The van der Waals surface area contributed by atoms with Gasteiger partial charge in [-0.1, -0.05) is 84.6 Å². The Labute approximate surface area is 288 Å². The average Bonchev–Trinajstić information content (AvgIpc) is 3.59. The van der Waals surface area contributed by atoms with Gasteiger partial charge in [0.1, 0.15) is 18.3 Å². The zero-order valence-corrected chi connectivity index (χ0v) is 28.9. The lowest BCUT2D eigenvalue weighted by Crippen LogP contribution is -2.54. The minimum atomic E-state index is -4.22. The molecule has 0 saturated heterocycles. The van der Waals surface area contributed by atoms with E-state index in [1.54, 1.807) is 54.6 Å². The molecule has 1 aliphatic rings. The van der Waals surface area contributed by atoms with Crippen molar-refractivity contribution in [3.63, 3.8) is 0 Å². The van der Waals surface area contributed by atoms with E-state index in [1.807, 2.05) is 50.2 Å². The summed E-state index contributed by atoms with van der Waals surface area (Å²) in [7, 11) is -4.22. The number of hydrogen-bond donors (Lipinski definition) is 1. The molecule has 8 nitrogen and oxygen atoms in total. The number of halogens is 1. The molecule has 5 rings (SSSR count). The summed E-state index contributed by atoms with van der Waals surface area (Å²) in [6.07, 6.45) is 4.09. The summed E-state index contributed by atoms with van der Waals surface area (Å²) in [5.41, 5.74) is 2.88. The van der Waals surface area contributed by atoms with E-state index in [0.29, 0.717) is 23.1 Å². The molecule has 4 aromatic rings. The normalized spacial score (nSPS) is 13.9. The smallest absolute Gasteiger partial charge is 0.264 e. The molecule has 1 N–H and O–H groups in total. The van der Waals surface area contributed by atoms with Crippen molar-refractivity contribution in [2.75, 3.05) is 17.5 Å². The van der Waals surface area contributed by atoms with Gasteiger partial charge in [-0.05, 0) is 86.3 Å². The lowest BCUT2D eigenvalue weighted by atomic mass is 10.0. The molecule has 0 unspecified atom stereocenters. The Bertz CT molecular complexity index is 1780. The first-order chi connectivity index (χ1) is 23.1. The fraction of sp³-hybridized carbons (Fsp3) is 0.316. The van der Waals surface area contributed by atoms with E-state index in [2.05, 4.69) is 5.32 Å². The van der Waals surface area contributed by atoms with Crippen LogP contribution in [0.15, 0.2) is 108 Å². The number of hydrogen-bond acceptors (Lipinski definition) is 5. The highest BCUT2D eigenvalue weighted by atomic mass is 35.5. The summed E-state index contributed by atoms with van der Waals surface area (Å²) in [5, 5.41) is 3.69. The fourth-order valence-corrected chi connectivity index (χ4v) is 7.62. The summed E-state index contributed by atoms with van der Waals surface area (Å²) >= 11 is 6.35. The number of nitrogens with zero attached hydrogens (tertiary/aromatic N) is 2. The zero-order chi connectivity index (χ0) is 34.1. The number of ether oxygens (including phenoxy) is 1. The first-order valence-corrected chi connectivity index (χ1v) is 18.2. The van der Waals surface area contributed by atoms with Gasteiger partial charge in [0, 0.05) is 24.0 Å². The minimum Gasteiger partial charge on any atom is -0.494 e. The monoisotopic (exact) mass is 687 g/mol. The number of anilines is 1. The summed E-state index contributed by atoms with van der Waals surface area (Å²) in [6.45, 7) is 3.73. The first-order valence-electron chi connectivity index (χ1n) is 16.3. The zero-order valence-electron chi connectivity index (χ0n) is 27.3. The van der Waals surface area contributed by atoms with Gasteiger partial charge in [0.05, 0.1) is 17.2 Å². The molecule has 48 heavy (non-hydrogen) atoms. The molecule has 1 saturated carbocycles. The predicted octanol–water partition coefficient (Wildman–Crippen LogP) is 6.94. The van der Waals surface area contributed by atoms with Crippen molar-refractivity contribution in [3.05, 3.63) is 125 Å². The first kappa shape index (κ1) is 35.0. The van der Waals surface area contributed by atoms with Crippen LogP contribution in [0.3, 0.4) is 0 Å². The van der Waals surface area contributed by atoms with E-state index in [1.165, 1.54) is 17.0 Å². The highest BCUT2D eigenvalue weighted by molar-refractivity contribution is 7.92. The average molecular weight is 688 g/mol. The molecule has 0 radical (unpaired) electrons. The van der Waals surface area contributed by atoms with Gasteiger partial charge in [0.25, 0.3) is 10.0 Å². The number of sulfonamides is 1. The molecule has 1 aliphatic carbocycles. The number of carbonyl (C=O) groups is 2. The third-order valence-corrected chi connectivity index (χ3v) is 10.6. The van der Waals surface area contributed by atoms with E-state index in [4.69, 9.17) is 16.3 Å². The van der Waals surface area contributed by atoms with Crippen molar-refractivity contribution < 1.29 is 22.7 Å². The van der Waals surface area contributed by atoms with Gasteiger partial charge in [-0.3, -0.25) is 13.9 Å². The van der Waals surface area contributed by atoms with Crippen LogP contribution >= 0.6 is 11.6 Å². The van der Waals surface area contributed by atoms with Crippen LogP contribution in [0.1, 0.15) is 49.3 Å². The van der Waals surface area contributed by atoms with Gasteiger partial charge in [0.2, 0.25) is 11.8 Å². The van der Waals surface area contributed by atoms with Crippen LogP contribution in [-0.4, -0.2) is 50.4 Å². The van der Waals surface area contributed by atoms with Gasteiger partial charge < -0.3 is 15.0 Å². The Hall–Kier alpha value is -4.34. The van der Waals surface area contributed by atoms with Crippen LogP contribution in [0.25, 0.3) is 0 Å². The standard InChI is InChI=1S/C38H42ClN3O5S/c1-3-47-34-20-22-35(23-21-34)48(45,46)42(33-18-16-28(2)17-19-33)27-37(43)41(26-30-12-9-13-31(39)24-30)36(25-29-10-5-4-6-11-29)38(44)40-32-14-7-8-15-32/h4-6,9-13,16-24,32,36H,3,7-8,14-15,25-27H2,1-2H3,(H,40,44)/t36-/m0/s1. The predicted molar refractivity (Wildman–Crippen MR) is 190 cm³/mol. The van der Waals surface area contributed by atoms with E-state index >= 15 is 0 Å². The molecule has 0 spiro atoms. The van der Waals surface area contributed by atoms with Crippen molar-refractivity contribution in [3.8, 4) is 5.75 Å². The lowest BCUT2D eigenvalue weighted by Gasteiger charge is -2.34. The van der Waals surface area contributed by atoms with Gasteiger partial charge in [-0.25, -0.2) is 8.42 Å². The molecule has 0 aromatic heterocycles. The number of rotatable bonds is 14. The second-order valence-corrected chi connectivity index (χ2v) is 14.4. The third-order valence-electron chi connectivity index (χ3n) is 8.54. The van der Waals surface area contributed by atoms with Crippen molar-refractivity contribution in [1.29, 1.82) is 0 Å². The SMILES string of the molecule is CCOc1ccc(S(=O)(=O)N(CC(=O)N(Cc2cccc(Cl)c2)[C@@H](Cc2ccccc2)C(=O)NC2CCCC2)c2ccc(C)cc2)cc1. The second kappa shape index (κ2) is 16.2. The number of aryl methyl sites for hydroxylation is 1. The molecule has 2 amide bonds. The summed E-state index contributed by atoms with van der Waals surface area (Å²) in [6, 6.07) is 28.9. The summed E-state index contributed by atoms with van der Waals surface area (Å²) in [5.74, 6) is -0.246. The van der Waals surface area contributed by atoms with Crippen molar-refractivity contribution in [2.45, 2.75) is 69.5 Å². The number of amides is 2. The Balaban J connectivity index is 1.55. The van der Waals surface area contributed by atoms with Crippen LogP contribution < -0.4 is 14.4 Å². The minimum absolute atomic E-state index is 0.0144. The molecule has 0 bridgehead atoms.